The van der Waals surface area contributed by atoms with Crippen LogP contribution in [-0.2, 0) is 6.54 Å². The van der Waals surface area contributed by atoms with E-state index in [4.69, 9.17) is 4.42 Å². The third-order valence-corrected chi connectivity index (χ3v) is 4.13. The second kappa shape index (κ2) is 7.27. The van der Waals surface area contributed by atoms with Gasteiger partial charge in [-0.05, 0) is 43.3 Å². The lowest BCUT2D eigenvalue weighted by atomic mass is 10.1. The van der Waals surface area contributed by atoms with Crippen LogP contribution in [0.25, 0.3) is 11.5 Å². The Balaban J connectivity index is 1.75. The molecular formula is C19H21N3O2. The number of hydrogen-bond donors (Lipinski definition) is 1. The van der Waals surface area contributed by atoms with Crippen LogP contribution in [0.1, 0.15) is 31.3 Å². The summed E-state index contributed by atoms with van der Waals surface area (Å²) < 4.78 is 5.80. The number of aromatic nitrogens is 2. The molecule has 3 aromatic rings. The number of hydrogen-bond acceptors (Lipinski definition) is 5. The molecule has 0 saturated carbocycles. The van der Waals surface area contributed by atoms with Crippen molar-refractivity contribution >= 4 is 0 Å². The van der Waals surface area contributed by atoms with Gasteiger partial charge in [0.25, 0.3) is 0 Å². The zero-order valence-corrected chi connectivity index (χ0v) is 13.9. The second-order valence-electron chi connectivity index (χ2n) is 5.70. The molecule has 2 aromatic carbocycles. The standard InChI is InChI=1S/C19H21N3O2/c1-3-22(14(2)16-10-7-11-17(23)12-16)13-18-20-21-19(24-18)15-8-5-4-6-9-15/h4-12,14,23H,3,13H2,1-2H3. The fourth-order valence-corrected chi connectivity index (χ4v) is 2.71. The maximum Gasteiger partial charge on any atom is 0.247 e. The molecule has 1 unspecified atom stereocenters. The number of rotatable bonds is 6. The molecule has 0 saturated heterocycles. The lowest BCUT2D eigenvalue weighted by molar-refractivity contribution is 0.193. The molecule has 0 fully saturated rings. The fourth-order valence-electron chi connectivity index (χ4n) is 2.71. The summed E-state index contributed by atoms with van der Waals surface area (Å²) in [5.74, 6) is 1.40. The van der Waals surface area contributed by atoms with Gasteiger partial charge in [-0.1, -0.05) is 37.3 Å². The molecular weight excluding hydrogens is 302 g/mol. The molecule has 24 heavy (non-hydrogen) atoms. The van der Waals surface area contributed by atoms with Gasteiger partial charge in [-0.2, -0.15) is 0 Å². The maximum absolute atomic E-state index is 9.68. The number of phenolic OH excluding ortho intramolecular Hbond substituents is 1. The molecule has 0 aliphatic rings. The molecule has 0 spiro atoms. The van der Waals surface area contributed by atoms with E-state index in [1.54, 1.807) is 12.1 Å². The Kier molecular flexibility index (Phi) is 4.91. The third-order valence-electron chi connectivity index (χ3n) is 4.13. The number of aromatic hydroxyl groups is 1. The average molecular weight is 323 g/mol. The first-order valence-corrected chi connectivity index (χ1v) is 8.08. The van der Waals surface area contributed by atoms with Crippen molar-refractivity contribution in [3.8, 4) is 17.2 Å². The SMILES string of the molecule is CCN(Cc1nnc(-c2ccccc2)o1)C(C)c1cccc(O)c1. The third kappa shape index (κ3) is 3.63. The molecule has 0 aliphatic carbocycles. The summed E-state index contributed by atoms with van der Waals surface area (Å²) in [6.45, 7) is 5.59. The Morgan fingerprint density at radius 1 is 1.08 bits per heavy atom. The topological polar surface area (TPSA) is 62.4 Å². The van der Waals surface area contributed by atoms with Gasteiger partial charge in [-0.25, -0.2) is 0 Å². The molecule has 0 aliphatic heterocycles. The van der Waals surface area contributed by atoms with Crippen LogP contribution in [-0.4, -0.2) is 26.7 Å². The van der Waals surface area contributed by atoms with Crippen LogP contribution >= 0.6 is 0 Å². The van der Waals surface area contributed by atoms with Gasteiger partial charge < -0.3 is 9.52 Å². The van der Waals surface area contributed by atoms with Gasteiger partial charge in [0.05, 0.1) is 6.54 Å². The Hall–Kier alpha value is -2.66. The molecule has 1 heterocycles. The van der Waals surface area contributed by atoms with E-state index in [0.29, 0.717) is 18.3 Å². The Morgan fingerprint density at radius 2 is 1.88 bits per heavy atom. The summed E-state index contributed by atoms with van der Waals surface area (Å²) in [5.41, 5.74) is 1.97. The highest BCUT2D eigenvalue weighted by Gasteiger charge is 2.18. The van der Waals surface area contributed by atoms with Crippen molar-refractivity contribution in [2.45, 2.75) is 26.4 Å². The van der Waals surface area contributed by atoms with E-state index in [1.165, 1.54) is 0 Å². The predicted octanol–water partition coefficient (Wildman–Crippen LogP) is 4.03. The highest BCUT2D eigenvalue weighted by molar-refractivity contribution is 5.51. The van der Waals surface area contributed by atoms with Crippen molar-refractivity contribution in [2.75, 3.05) is 6.54 Å². The minimum absolute atomic E-state index is 0.133. The Morgan fingerprint density at radius 3 is 2.58 bits per heavy atom. The van der Waals surface area contributed by atoms with Crippen LogP contribution in [0, 0.1) is 0 Å². The molecule has 5 heteroatoms. The quantitative estimate of drug-likeness (QED) is 0.742. The van der Waals surface area contributed by atoms with Crippen LogP contribution in [0.3, 0.4) is 0 Å². The van der Waals surface area contributed by atoms with Crippen LogP contribution in [0.5, 0.6) is 5.75 Å². The van der Waals surface area contributed by atoms with E-state index in [1.807, 2.05) is 42.5 Å². The van der Waals surface area contributed by atoms with Crippen LogP contribution < -0.4 is 0 Å². The van der Waals surface area contributed by atoms with E-state index in [9.17, 15) is 5.11 Å². The van der Waals surface area contributed by atoms with Crippen molar-refractivity contribution in [3.05, 3.63) is 66.1 Å². The van der Waals surface area contributed by atoms with E-state index in [-0.39, 0.29) is 11.8 Å². The monoisotopic (exact) mass is 323 g/mol. The largest absolute Gasteiger partial charge is 0.508 e. The van der Waals surface area contributed by atoms with Crippen molar-refractivity contribution in [2.24, 2.45) is 0 Å². The molecule has 1 atom stereocenters. The first-order chi connectivity index (χ1) is 11.7. The molecule has 124 valence electrons. The van der Waals surface area contributed by atoms with Gasteiger partial charge in [0.15, 0.2) is 0 Å². The molecule has 1 aromatic heterocycles. The molecule has 0 radical (unpaired) electrons. The van der Waals surface area contributed by atoms with Gasteiger partial charge >= 0.3 is 0 Å². The van der Waals surface area contributed by atoms with Crippen molar-refractivity contribution < 1.29 is 9.52 Å². The summed E-state index contributed by atoms with van der Waals surface area (Å²) >= 11 is 0. The second-order valence-corrected chi connectivity index (χ2v) is 5.70. The highest BCUT2D eigenvalue weighted by Crippen LogP contribution is 2.25. The molecule has 3 rings (SSSR count). The van der Waals surface area contributed by atoms with E-state index in [2.05, 4.69) is 28.9 Å². The predicted molar refractivity (Wildman–Crippen MR) is 92.3 cm³/mol. The van der Waals surface area contributed by atoms with E-state index >= 15 is 0 Å². The average Bonchev–Trinajstić information content (AvgIpc) is 3.08. The molecule has 0 bridgehead atoms. The van der Waals surface area contributed by atoms with Crippen molar-refractivity contribution in [1.29, 1.82) is 0 Å². The molecule has 5 nitrogen and oxygen atoms in total. The van der Waals surface area contributed by atoms with Gasteiger partial charge in [0.1, 0.15) is 5.75 Å². The Bertz CT molecular complexity index is 786. The first kappa shape index (κ1) is 16.2. The van der Waals surface area contributed by atoms with Gasteiger partial charge in [0.2, 0.25) is 11.8 Å². The van der Waals surface area contributed by atoms with Crippen molar-refractivity contribution in [3.63, 3.8) is 0 Å². The molecule has 0 amide bonds. The van der Waals surface area contributed by atoms with Gasteiger partial charge in [-0.15, -0.1) is 10.2 Å². The number of nitrogens with zero attached hydrogens (tertiary/aromatic N) is 3. The minimum atomic E-state index is 0.133. The summed E-state index contributed by atoms with van der Waals surface area (Å²) in [6.07, 6.45) is 0. The summed E-state index contributed by atoms with van der Waals surface area (Å²) in [6, 6.07) is 17.2. The van der Waals surface area contributed by atoms with E-state index < -0.39 is 0 Å². The van der Waals surface area contributed by atoms with Crippen molar-refractivity contribution in [1.82, 2.24) is 15.1 Å². The normalized spacial score (nSPS) is 12.5. The van der Waals surface area contributed by atoms with Gasteiger partial charge in [0, 0.05) is 11.6 Å². The smallest absolute Gasteiger partial charge is 0.247 e. The first-order valence-electron chi connectivity index (χ1n) is 8.08. The lowest BCUT2D eigenvalue weighted by Crippen LogP contribution is -2.26. The lowest BCUT2D eigenvalue weighted by Gasteiger charge is -2.26. The van der Waals surface area contributed by atoms with Gasteiger partial charge in [-0.3, -0.25) is 4.90 Å². The maximum atomic E-state index is 9.68. The van der Waals surface area contributed by atoms with Crippen LogP contribution in [0.4, 0.5) is 0 Å². The Labute approximate surface area is 141 Å². The zero-order chi connectivity index (χ0) is 16.9. The van der Waals surface area contributed by atoms with E-state index in [0.717, 1.165) is 17.7 Å². The number of benzene rings is 2. The highest BCUT2D eigenvalue weighted by atomic mass is 16.4. The fraction of sp³-hybridized carbons (Fsp3) is 0.263. The summed E-state index contributed by atoms with van der Waals surface area (Å²) in [5, 5.41) is 18.0. The summed E-state index contributed by atoms with van der Waals surface area (Å²) in [4.78, 5) is 2.22. The minimum Gasteiger partial charge on any atom is -0.508 e. The number of phenols is 1. The van der Waals surface area contributed by atoms with Crippen LogP contribution in [0.15, 0.2) is 59.0 Å². The summed E-state index contributed by atoms with van der Waals surface area (Å²) in [7, 11) is 0. The van der Waals surface area contributed by atoms with Crippen LogP contribution in [0.2, 0.25) is 0 Å². The molecule has 1 N–H and O–H groups in total. The zero-order valence-electron chi connectivity index (χ0n) is 13.9.